The molecule has 4 nitrogen and oxygen atoms in total. The predicted molar refractivity (Wildman–Crippen MR) is 112 cm³/mol. The minimum atomic E-state index is -0.314. The Bertz CT molecular complexity index is 823. The van der Waals surface area contributed by atoms with Crippen LogP contribution in [0.5, 0.6) is 0 Å². The Kier molecular flexibility index (Phi) is 6.42. The van der Waals surface area contributed by atoms with E-state index in [0.29, 0.717) is 29.8 Å². The van der Waals surface area contributed by atoms with Crippen molar-refractivity contribution in [3.63, 3.8) is 0 Å². The normalized spacial score (nSPS) is 26.9. The molecule has 2 aliphatic rings. The van der Waals surface area contributed by atoms with Crippen molar-refractivity contribution in [3.05, 3.63) is 63.6 Å². The van der Waals surface area contributed by atoms with E-state index in [-0.39, 0.29) is 16.8 Å². The number of hydrogen-bond donors (Lipinski definition) is 1. The topological polar surface area (TPSA) is 43.4 Å². The molecule has 7 heteroatoms. The van der Waals surface area contributed by atoms with Crippen LogP contribution in [0.4, 0.5) is 4.39 Å². The Labute approximate surface area is 180 Å². The Morgan fingerprint density at radius 3 is 2.62 bits per heavy atom. The Balaban J connectivity index is 1.47. The summed E-state index contributed by atoms with van der Waals surface area (Å²) in [6.07, 6.45) is 4.78. The van der Waals surface area contributed by atoms with Gasteiger partial charge in [-0.1, -0.05) is 23.2 Å². The zero-order chi connectivity index (χ0) is 20.3. The largest absolute Gasteiger partial charge is 0.378 e. The molecule has 4 rings (SSSR count). The van der Waals surface area contributed by atoms with Crippen molar-refractivity contribution in [1.82, 2.24) is 10.3 Å². The summed E-state index contributed by atoms with van der Waals surface area (Å²) in [5.74, 6) is -0.314. The zero-order valence-electron chi connectivity index (χ0n) is 16.2. The van der Waals surface area contributed by atoms with E-state index in [4.69, 9.17) is 32.7 Å². The second kappa shape index (κ2) is 8.86. The SMILES string of the molecule is Fc1ccc(C2(CCNCc3cc(Cl)cc(Cl)c3)CCOC3(CCOC3)C2)nc1. The summed E-state index contributed by atoms with van der Waals surface area (Å²) in [5, 5.41) is 4.76. The van der Waals surface area contributed by atoms with Crippen LogP contribution in [0.25, 0.3) is 0 Å². The van der Waals surface area contributed by atoms with Crippen molar-refractivity contribution in [2.75, 3.05) is 26.4 Å². The maximum Gasteiger partial charge on any atom is 0.141 e. The smallest absolute Gasteiger partial charge is 0.141 e. The lowest BCUT2D eigenvalue weighted by atomic mass is 9.68. The van der Waals surface area contributed by atoms with Gasteiger partial charge in [-0.15, -0.1) is 0 Å². The van der Waals surface area contributed by atoms with E-state index in [0.717, 1.165) is 50.1 Å². The van der Waals surface area contributed by atoms with Gasteiger partial charge in [0.25, 0.3) is 0 Å². The van der Waals surface area contributed by atoms with Crippen LogP contribution in [0.2, 0.25) is 10.0 Å². The minimum Gasteiger partial charge on any atom is -0.378 e. The van der Waals surface area contributed by atoms with Crippen LogP contribution in [-0.4, -0.2) is 37.0 Å². The molecule has 0 bridgehead atoms. The van der Waals surface area contributed by atoms with Gasteiger partial charge in [-0.25, -0.2) is 4.39 Å². The van der Waals surface area contributed by atoms with Gasteiger partial charge in [-0.3, -0.25) is 4.98 Å². The molecule has 1 spiro atoms. The van der Waals surface area contributed by atoms with E-state index in [1.807, 2.05) is 18.2 Å². The summed E-state index contributed by atoms with van der Waals surface area (Å²) >= 11 is 12.2. The van der Waals surface area contributed by atoms with Gasteiger partial charge in [0, 0.05) is 47.3 Å². The van der Waals surface area contributed by atoms with Gasteiger partial charge < -0.3 is 14.8 Å². The van der Waals surface area contributed by atoms with Crippen LogP contribution in [0, 0.1) is 5.82 Å². The Morgan fingerprint density at radius 1 is 1.10 bits per heavy atom. The van der Waals surface area contributed by atoms with Gasteiger partial charge in [-0.2, -0.15) is 0 Å². The number of aromatic nitrogens is 1. The van der Waals surface area contributed by atoms with Crippen molar-refractivity contribution in [2.24, 2.45) is 0 Å². The molecule has 0 aliphatic carbocycles. The predicted octanol–water partition coefficient (Wildman–Crippen LogP) is 4.91. The first-order valence-corrected chi connectivity index (χ1v) is 10.7. The molecule has 1 aromatic carbocycles. The number of nitrogens with zero attached hydrogens (tertiary/aromatic N) is 1. The zero-order valence-corrected chi connectivity index (χ0v) is 17.7. The highest BCUT2D eigenvalue weighted by Crippen LogP contribution is 2.46. The second-order valence-electron chi connectivity index (χ2n) is 8.11. The maximum absolute atomic E-state index is 13.5. The van der Waals surface area contributed by atoms with E-state index >= 15 is 0 Å². The third kappa shape index (κ3) is 4.92. The molecule has 0 amide bonds. The molecule has 2 unspecified atom stereocenters. The van der Waals surface area contributed by atoms with E-state index in [1.165, 1.54) is 12.3 Å². The fourth-order valence-corrected chi connectivity index (χ4v) is 5.16. The van der Waals surface area contributed by atoms with Crippen LogP contribution < -0.4 is 5.32 Å². The van der Waals surface area contributed by atoms with E-state index in [9.17, 15) is 4.39 Å². The van der Waals surface area contributed by atoms with Crippen molar-refractivity contribution in [3.8, 4) is 0 Å². The highest BCUT2D eigenvalue weighted by molar-refractivity contribution is 6.34. The molecule has 1 N–H and O–H groups in total. The van der Waals surface area contributed by atoms with Gasteiger partial charge in [0.05, 0.1) is 18.4 Å². The van der Waals surface area contributed by atoms with Crippen molar-refractivity contribution in [2.45, 2.75) is 43.2 Å². The van der Waals surface area contributed by atoms with Crippen LogP contribution in [0.15, 0.2) is 36.5 Å². The van der Waals surface area contributed by atoms with E-state index in [1.54, 1.807) is 6.07 Å². The number of rotatable bonds is 6. The quantitative estimate of drug-likeness (QED) is 0.650. The molecule has 2 aromatic rings. The molecule has 2 atom stereocenters. The summed E-state index contributed by atoms with van der Waals surface area (Å²) < 4.78 is 25.3. The standard InChI is InChI=1S/C22H25Cl2FN2O2/c23-17-9-16(10-18(24)11-17)12-26-6-3-21(20-2-1-19(25)13-27-20)4-8-29-22(14-21)5-7-28-15-22/h1-2,9-11,13,26H,3-8,12,14-15H2. The summed E-state index contributed by atoms with van der Waals surface area (Å²) in [7, 11) is 0. The molecule has 2 saturated heterocycles. The lowest BCUT2D eigenvalue weighted by Gasteiger charge is -2.45. The monoisotopic (exact) mass is 438 g/mol. The molecule has 0 radical (unpaired) electrons. The number of halogens is 3. The second-order valence-corrected chi connectivity index (χ2v) is 8.98. The van der Waals surface area contributed by atoms with Gasteiger partial charge >= 0.3 is 0 Å². The minimum absolute atomic E-state index is 0.168. The van der Waals surface area contributed by atoms with Crippen LogP contribution >= 0.6 is 23.2 Å². The van der Waals surface area contributed by atoms with E-state index < -0.39 is 0 Å². The first-order chi connectivity index (χ1) is 14.0. The fraction of sp³-hybridized carbons (Fsp3) is 0.500. The molecule has 156 valence electrons. The summed E-state index contributed by atoms with van der Waals surface area (Å²) in [6.45, 7) is 3.47. The highest BCUT2D eigenvalue weighted by atomic mass is 35.5. The van der Waals surface area contributed by atoms with Crippen LogP contribution in [-0.2, 0) is 21.4 Å². The molecule has 2 fully saturated rings. The third-order valence-corrected chi connectivity index (χ3v) is 6.46. The number of nitrogens with one attached hydrogen (secondary N) is 1. The van der Waals surface area contributed by atoms with Gasteiger partial charge in [-0.05, 0) is 61.7 Å². The number of benzene rings is 1. The molecule has 3 heterocycles. The summed E-state index contributed by atoms with van der Waals surface area (Å²) in [5.41, 5.74) is 1.55. The lowest BCUT2D eigenvalue weighted by Crippen LogP contribution is -2.49. The van der Waals surface area contributed by atoms with Crippen LogP contribution in [0.3, 0.4) is 0 Å². The Morgan fingerprint density at radius 2 is 1.93 bits per heavy atom. The van der Waals surface area contributed by atoms with Crippen molar-refractivity contribution < 1.29 is 13.9 Å². The van der Waals surface area contributed by atoms with E-state index in [2.05, 4.69) is 10.3 Å². The average molecular weight is 439 g/mol. The van der Waals surface area contributed by atoms with Gasteiger partial charge in [0.2, 0.25) is 0 Å². The van der Waals surface area contributed by atoms with Crippen molar-refractivity contribution >= 4 is 23.2 Å². The molecule has 29 heavy (non-hydrogen) atoms. The number of pyridine rings is 1. The first kappa shape index (κ1) is 21.0. The molecular formula is C22H25Cl2FN2O2. The molecular weight excluding hydrogens is 414 g/mol. The molecule has 2 aliphatic heterocycles. The lowest BCUT2D eigenvalue weighted by molar-refractivity contribution is -0.109. The first-order valence-electron chi connectivity index (χ1n) is 9.98. The average Bonchev–Trinajstić information content (AvgIpc) is 3.12. The van der Waals surface area contributed by atoms with Gasteiger partial charge in [0.15, 0.2) is 0 Å². The van der Waals surface area contributed by atoms with Crippen molar-refractivity contribution in [1.29, 1.82) is 0 Å². The third-order valence-electron chi connectivity index (χ3n) is 6.02. The molecule has 0 saturated carbocycles. The maximum atomic E-state index is 13.5. The fourth-order valence-electron chi connectivity index (χ4n) is 4.58. The summed E-state index contributed by atoms with van der Waals surface area (Å²) in [4.78, 5) is 4.45. The molecule has 1 aromatic heterocycles. The number of ether oxygens (including phenoxy) is 2. The Hall–Kier alpha value is -1.24. The number of hydrogen-bond acceptors (Lipinski definition) is 4. The van der Waals surface area contributed by atoms with Crippen LogP contribution in [0.1, 0.15) is 36.9 Å². The summed E-state index contributed by atoms with van der Waals surface area (Å²) in [6, 6.07) is 8.88. The van der Waals surface area contributed by atoms with Gasteiger partial charge in [0.1, 0.15) is 5.82 Å². The highest BCUT2D eigenvalue weighted by Gasteiger charge is 2.49.